The van der Waals surface area contributed by atoms with Crippen LogP contribution in [0.15, 0.2) is 36.9 Å². The van der Waals surface area contributed by atoms with Gasteiger partial charge in [-0.05, 0) is 18.2 Å². The second kappa shape index (κ2) is 5.22. The lowest BCUT2D eigenvalue weighted by molar-refractivity contribution is -0.116. The highest BCUT2D eigenvalue weighted by molar-refractivity contribution is 5.92. The zero-order valence-corrected chi connectivity index (χ0v) is 9.96. The van der Waals surface area contributed by atoms with Crippen LogP contribution in [-0.2, 0) is 11.3 Å². The lowest BCUT2D eigenvalue weighted by Crippen LogP contribution is -2.18. The molecular formula is C12H14N4O2. The van der Waals surface area contributed by atoms with E-state index in [-0.39, 0.29) is 12.5 Å². The molecule has 94 valence electrons. The number of anilines is 2. The van der Waals surface area contributed by atoms with E-state index in [0.29, 0.717) is 17.1 Å². The number of carbonyl (C=O) groups is 1. The summed E-state index contributed by atoms with van der Waals surface area (Å²) in [7, 11) is 1.54. The number of aromatic nitrogens is 2. The van der Waals surface area contributed by atoms with Gasteiger partial charge >= 0.3 is 0 Å². The molecule has 6 nitrogen and oxygen atoms in total. The first-order chi connectivity index (χ1) is 8.69. The SMILES string of the molecule is COc1ccc(N)cc1NC(=O)Cn1ccnc1. The summed E-state index contributed by atoms with van der Waals surface area (Å²) >= 11 is 0. The number of methoxy groups -OCH3 is 1. The van der Waals surface area contributed by atoms with Gasteiger partial charge in [-0.3, -0.25) is 4.79 Å². The Kier molecular flexibility index (Phi) is 3.47. The fraction of sp³-hybridized carbons (Fsp3) is 0.167. The highest BCUT2D eigenvalue weighted by Gasteiger charge is 2.08. The van der Waals surface area contributed by atoms with Gasteiger partial charge in [-0.2, -0.15) is 0 Å². The number of hydrogen-bond donors (Lipinski definition) is 2. The quantitative estimate of drug-likeness (QED) is 0.792. The van der Waals surface area contributed by atoms with Crippen LogP contribution in [0.1, 0.15) is 0 Å². The lowest BCUT2D eigenvalue weighted by Gasteiger charge is -2.11. The molecule has 0 aliphatic rings. The highest BCUT2D eigenvalue weighted by atomic mass is 16.5. The molecule has 0 saturated heterocycles. The molecule has 0 unspecified atom stereocenters. The number of nitrogens with two attached hydrogens (primary N) is 1. The molecule has 1 heterocycles. The van der Waals surface area contributed by atoms with Gasteiger partial charge in [-0.15, -0.1) is 0 Å². The second-order valence-electron chi connectivity index (χ2n) is 3.74. The predicted octanol–water partition coefficient (Wildman–Crippen LogP) is 1.11. The Bertz CT molecular complexity index is 537. The maximum absolute atomic E-state index is 11.8. The normalized spacial score (nSPS) is 10.1. The van der Waals surface area contributed by atoms with Crippen LogP contribution in [0.2, 0.25) is 0 Å². The summed E-state index contributed by atoms with van der Waals surface area (Å²) in [4.78, 5) is 15.7. The Morgan fingerprint density at radius 1 is 1.56 bits per heavy atom. The van der Waals surface area contributed by atoms with Crippen molar-refractivity contribution >= 4 is 17.3 Å². The predicted molar refractivity (Wildman–Crippen MR) is 68.3 cm³/mol. The first-order valence-electron chi connectivity index (χ1n) is 5.38. The first-order valence-corrected chi connectivity index (χ1v) is 5.38. The van der Waals surface area contributed by atoms with E-state index in [1.54, 1.807) is 41.5 Å². The maximum atomic E-state index is 11.8. The van der Waals surface area contributed by atoms with Crippen molar-refractivity contribution in [3.05, 3.63) is 36.9 Å². The van der Waals surface area contributed by atoms with Gasteiger partial charge in [0.05, 0.1) is 19.1 Å². The molecule has 0 aliphatic carbocycles. The van der Waals surface area contributed by atoms with Crippen molar-refractivity contribution < 1.29 is 9.53 Å². The summed E-state index contributed by atoms with van der Waals surface area (Å²) in [5.74, 6) is 0.403. The molecule has 6 heteroatoms. The fourth-order valence-electron chi connectivity index (χ4n) is 1.56. The monoisotopic (exact) mass is 246 g/mol. The molecule has 18 heavy (non-hydrogen) atoms. The van der Waals surface area contributed by atoms with Gasteiger partial charge < -0.3 is 20.4 Å². The molecule has 2 aromatic rings. The average molecular weight is 246 g/mol. The van der Waals surface area contributed by atoms with E-state index in [9.17, 15) is 4.79 Å². The summed E-state index contributed by atoms with van der Waals surface area (Å²) in [6, 6.07) is 5.08. The van der Waals surface area contributed by atoms with Gasteiger partial charge in [0.25, 0.3) is 0 Å². The van der Waals surface area contributed by atoms with Crippen molar-refractivity contribution in [2.75, 3.05) is 18.2 Å². The molecule has 3 N–H and O–H groups in total. The summed E-state index contributed by atoms with van der Waals surface area (Å²) in [6.07, 6.45) is 4.92. The first kappa shape index (κ1) is 12.0. The number of nitrogen functional groups attached to an aromatic ring is 1. The van der Waals surface area contributed by atoms with Crippen molar-refractivity contribution in [2.24, 2.45) is 0 Å². The van der Waals surface area contributed by atoms with Crippen molar-refractivity contribution in [3.8, 4) is 5.75 Å². The van der Waals surface area contributed by atoms with Crippen LogP contribution in [0.5, 0.6) is 5.75 Å². The van der Waals surface area contributed by atoms with E-state index < -0.39 is 0 Å². The number of ether oxygens (including phenoxy) is 1. The molecule has 1 amide bonds. The summed E-state index contributed by atoms with van der Waals surface area (Å²) in [5, 5.41) is 2.75. The van der Waals surface area contributed by atoms with Crippen LogP contribution >= 0.6 is 0 Å². The molecule has 2 rings (SSSR count). The minimum atomic E-state index is -0.170. The van der Waals surface area contributed by atoms with Crippen molar-refractivity contribution in [3.63, 3.8) is 0 Å². The molecule has 0 spiro atoms. The van der Waals surface area contributed by atoms with Gasteiger partial charge in [0.2, 0.25) is 5.91 Å². The minimum absolute atomic E-state index is 0.170. The standard InChI is InChI=1S/C12H14N4O2/c1-18-11-3-2-9(13)6-10(11)15-12(17)7-16-5-4-14-8-16/h2-6,8H,7,13H2,1H3,(H,15,17). The molecule has 0 bridgehead atoms. The van der Waals surface area contributed by atoms with E-state index in [1.165, 1.54) is 7.11 Å². The zero-order valence-electron chi connectivity index (χ0n) is 9.96. The van der Waals surface area contributed by atoms with Crippen LogP contribution in [0, 0.1) is 0 Å². The molecule has 0 radical (unpaired) electrons. The van der Waals surface area contributed by atoms with E-state index in [4.69, 9.17) is 10.5 Å². The van der Waals surface area contributed by atoms with Gasteiger partial charge in [-0.1, -0.05) is 0 Å². The van der Waals surface area contributed by atoms with Gasteiger partial charge in [-0.25, -0.2) is 4.98 Å². The number of rotatable bonds is 4. The van der Waals surface area contributed by atoms with Crippen LogP contribution in [-0.4, -0.2) is 22.6 Å². The van der Waals surface area contributed by atoms with E-state index in [2.05, 4.69) is 10.3 Å². The summed E-state index contributed by atoms with van der Waals surface area (Å²) < 4.78 is 6.82. The molecule has 0 atom stereocenters. The van der Waals surface area contributed by atoms with Gasteiger partial charge in [0, 0.05) is 18.1 Å². The number of hydrogen-bond acceptors (Lipinski definition) is 4. The Hall–Kier alpha value is -2.50. The number of benzene rings is 1. The number of nitrogens with one attached hydrogen (secondary N) is 1. The minimum Gasteiger partial charge on any atom is -0.495 e. The lowest BCUT2D eigenvalue weighted by atomic mass is 10.2. The number of amides is 1. The van der Waals surface area contributed by atoms with Crippen LogP contribution in [0.25, 0.3) is 0 Å². The summed E-state index contributed by atoms with van der Waals surface area (Å²) in [5.41, 5.74) is 6.79. The Morgan fingerprint density at radius 2 is 2.39 bits per heavy atom. The third kappa shape index (κ3) is 2.79. The van der Waals surface area contributed by atoms with Gasteiger partial charge in [0.15, 0.2) is 0 Å². The van der Waals surface area contributed by atoms with Gasteiger partial charge in [0.1, 0.15) is 12.3 Å². The largest absolute Gasteiger partial charge is 0.495 e. The molecule has 0 saturated carbocycles. The molecular weight excluding hydrogens is 232 g/mol. The topological polar surface area (TPSA) is 82.2 Å². The van der Waals surface area contributed by atoms with E-state index in [1.807, 2.05) is 0 Å². The third-order valence-electron chi connectivity index (χ3n) is 2.38. The third-order valence-corrected chi connectivity index (χ3v) is 2.38. The molecule has 0 fully saturated rings. The van der Waals surface area contributed by atoms with Crippen LogP contribution in [0.4, 0.5) is 11.4 Å². The Balaban J connectivity index is 2.08. The number of carbonyl (C=O) groups excluding carboxylic acids is 1. The second-order valence-corrected chi connectivity index (χ2v) is 3.74. The van der Waals surface area contributed by atoms with Crippen LogP contribution in [0.3, 0.4) is 0 Å². The molecule has 1 aromatic heterocycles. The van der Waals surface area contributed by atoms with Crippen molar-refractivity contribution in [1.82, 2.24) is 9.55 Å². The van der Waals surface area contributed by atoms with E-state index in [0.717, 1.165) is 0 Å². The Morgan fingerprint density at radius 3 is 3.06 bits per heavy atom. The van der Waals surface area contributed by atoms with Crippen LogP contribution < -0.4 is 15.8 Å². The van der Waals surface area contributed by atoms with E-state index >= 15 is 0 Å². The highest BCUT2D eigenvalue weighted by Crippen LogP contribution is 2.26. The molecule has 0 aliphatic heterocycles. The number of imidazole rings is 1. The van der Waals surface area contributed by atoms with Crippen molar-refractivity contribution in [2.45, 2.75) is 6.54 Å². The Labute approximate surface area is 104 Å². The van der Waals surface area contributed by atoms with Crippen molar-refractivity contribution in [1.29, 1.82) is 0 Å². The maximum Gasteiger partial charge on any atom is 0.244 e. The number of nitrogens with zero attached hydrogens (tertiary/aromatic N) is 2. The summed E-state index contributed by atoms with van der Waals surface area (Å²) in [6.45, 7) is 0.192. The molecule has 1 aromatic carbocycles. The zero-order chi connectivity index (χ0) is 13.0. The smallest absolute Gasteiger partial charge is 0.244 e. The fourth-order valence-corrected chi connectivity index (χ4v) is 1.56. The average Bonchev–Trinajstić information content (AvgIpc) is 2.82.